The zero-order chi connectivity index (χ0) is 12.8. The number of carbonyl (C=O) groups is 1. The summed E-state index contributed by atoms with van der Waals surface area (Å²) in [7, 11) is 0. The van der Waals surface area contributed by atoms with Crippen molar-refractivity contribution in [3.8, 4) is 5.75 Å². The maximum Gasteiger partial charge on any atom is 0.224 e. The molecule has 98 valence electrons. The van der Waals surface area contributed by atoms with E-state index in [4.69, 9.17) is 9.47 Å². The van der Waals surface area contributed by atoms with Gasteiger partial charge in [-0.25, -0.2) is 0 Å². The summed E-state index contributed by atoms with van der Waals surface area (Å²) in [5, 5.41) is 2.81. The van der Waals surface area contributed by atoms with Crippen LogP contribution in [0, 0.1) is 0 Å². The van der Waals surface area contributed by atoms with Crippen molar-refractivity contribution in [3.05, 3.63) is 24.3 Å². The minimum atomic E-state index is 0.00581. The van der Waals surface area contributed by atoms with Crippen LogP contribution in [0.1, 0.15) is 26.2 Å². The van der Waals surface area contributed by atoms with Crippen molar-refractivity contribution < 1.29 is 14.3 Å². The molecular formula is C14H19NO3. The second-order valence-electron chi connectivity index (χ2n) is 4.38. The number of anilines is 1. The van der Waals surface area contributed by atoms with Gasteiger partial charge < -0.3 is 14.8 Å². The molecule has 0 aliphatic carbocycles. The molecule has 1 aromatic rings. The quantitative estimate of drug-likeness (QED) is 0.872. The van der Waals surface area contributed by atoms with Gasteiger partial charge in [-0.3, -0.25) is 4.79 Å². The summed E-state index contributed by atoms with van der Waals surface area (Å²) in [4.78, 5) is 11.3. The van der Waals surface area contributed by atoms with Gasteiger partial charge in [0.25, 0.3) is 0 Å². The highest BCUT2D eigenvalue weighted by atomic mass is 16.5. The Balaban J connectivity index is 1.87. The van der Waals surface area contributed by atoms with Gasteiger partial charge in [0.1, 0.15) is 12.4 Å². The summed E-state index contributed by atoms with van der Waals surface area (Å²) in [6.45, 7) is 3.24. The van der Waals surface area contributed by atoms with Crippen molar-refractivity contribution in [1.29, 1.82) is 0 Å². The van der Waals surface area contributed by atoms with Gasteiger partial charge >= 0.3 is 0 Å². The van der Waals surface area contributed by atoms with E-state index >= 15 is 0 Å². The molecule has 4 nitrogen and oxygen atoms in total. The van der Waals surface area contributed by atoms with Gasteiger partial charge in [0.05, 0.1) is 6.10 Å². The SMILES string of the molecule is CCC(=O)Nc1cccc(OCC2CCCO2)c1. The molecule has 18 heavy (non-hydrogen) atoms. The van der Waals surface area contributed by atoms with Crippen LogP contribution in [0.5, 0.6) is 5.75 Å². The van der Waals surface area contributed by atoms with Crippen molar-refractivity contribution in [2.75, 3.05) is 18.5 Å². The average Bonchev–Trinajstić information content (AvgIpc) is 2.90. The molecule has 0 saturated carbocycles. The fourth-order valence-electron chi connectivity index (χ4n) is 1.88. The first kappa shape index (κ1) is 12.9. The second-order valence-corrected chi connectivity index (χ2v) is 4.38. The molecule has 1 amide bonds. The van der Waals surface area contributed by atoms with Crippen LogP contribution in [-0.4, -0.2) is 25.2 Å². The van der Waals surface area contributed by atoms with Crippen LogP contribution in [0.15, 0.2) is 24.3 Å². The molecule has 1 unspecified atom stereocenters. The van der Waals surface area contributed by atoms with Gasteiger partial charge in [0.2, 0.25) is 5.91 Å². The Hall–Kier alpha value is -1.55. The Morgan fingerprint density at radius 1 is 1.56 bits per heavy atom. The minimum absolute atomic E-state index is 0.00581. The summed E-state index contributed by atoms with van der Waals surface area (Å²) in [6.07, 6.45) is 2.85. The zero-order valence-corrected chi connectivity index (χ0v) is 10.6. The fraction of sp³-hybridized carbons (Fsp3) is 0.500. The van der Waals surface area contributed by atoms with Crippen molar-refractivity contribution in [3.63, 3.8) is 0 Å². The monoisotopic (exact) mass is 249 g/mol. The van der Waals surface area contributed by atoms with Crippen LogP contribution in [0.3, 0.4) is 0 Å². The lowest BCUT2D eigenvalue weighted by atomic mass is 10.2. The maximum atomic E-state index is 11.3. The minimum Gasteiger partial charge on any atom is -0.491 e. The Kier molecular flexibility index (Phi) is 4.59. The Morgan fingerprint density at radius 2 is 2.44 bits per heavy atom. The van der Waals surface area contributed by atoms with Crippen molar-refractivity contribution in [2.24, 2.45) is 0 Å². The summed E-state index contributed by atoms with van der Waals surface area (Å²) in [5.74, 6) is 0.769. The topological polar surface area (TPSA) is 47.6 Å². The first-order chi connectivity index (χ1) is 8.78. The molecule has 0 radical (unpaired) electrons. The van der Waals surface area contributed by atoms with Crippen molar-refractivity contribution in [1.82, 2.24) is 0 Å². The van der Waals surface area contributed by atoms with E-state index in [0.717, 1.165) is 30.9 Å². The number of hydrogen-bond donors (Lipinski definition) is 1. The molecule has 1 fully saturated rings. The maximum absolute atomic E-state index is 11.3. The zero-order valence-electron chi connectivity index (χ0n) is 10.6. The van der Waals surface area contributed by atoms with Gasteiger partial charge in [-0.05, 0) is 25.0 Å². The third-order valence-electron chi connectivity index (χ3n) is 2.90. The predicted molar refractivity (Wildman–Crippen MR) is 69.8 cm³/mol. The Morgan fingerprint density at radius 3 is 3.17 bits per heavy atom. The smallest absolute Gasteiger partial charge is 0.224 e. The normalized spacial score (nSPS) is 18.6. The highest BCUT2D eigenvalue weighted by Gasteiger charge is 2.15. The second kappa shape index (κ2) is 6.40. The molecule has 1 heterocycles. The highest BCUT2D eigenvalue weighted by Crippen LogP contribution is 2.19. The van der Waals surface area contributed by atoms with Crippen LogP contribution in [0.25, 0.3) is 0 Å². The van der Waals surface area contributed by atoms with Gasteiger partial charge in [0.15, 0.2) is 0 Å². The van der Waals surface area contributed by atoms with E-state index in [-0.39, 0.29) is 12.0 Å². The highest BCUT2D eigenvalue weighted by molar-refractivity contribution is 5.90. The first-order valence-corrected chi connectivity index (χ1v) is 6.42. The fourth-order valence-corrected chi connectivity index (χ4v) is 1.88. The van der Waals surface area contributed by atoms with Crippen LogP contribution >= 0.6 is 0 Å². The molecule has 1 aromatic carbocycles. The molecule has 1 aliphatic heterocycles. The number of rotatable bonds is 5. The molecule has 1 atom stereocenters. The van der Waals surface area contributed by atoms with Gasteiger partial charge in [-0.1, -0.05) is 13.0 Å². The predicted octanol–water partition coefficient (Wildman–Crippen LogP) is 2.59. The van der Waals surface area contributed by atoms with E-state index in [9.17, 15) is 4.79 Å². The third-order valence-corrected chi connectivity index (χ3v) is 2.90. The van der Waals surface area contributed by atoms with E-state index in [0.29, 0.717) is 13.0 Å². The average molecular weight is 249 g/mol. The lowest BCUT2D eigenvalue weighted by molar-refractivity contribution is -0.115. The standard InChI is InChI=1S/C14H19NO3/c1-2-14(16)15-11-5-3-6-12(9-11)18-10-13-7-4-8-17-13/h3,5-6,9,13H,2,4,7-8,10H2,1H3,(H,15,16). The van der Waals surface area contributed by atoms with Crippen LogP contribution < -0.4 is 10.1 Å². The number of benzene rings is 1. The van der Waals surface area contributed by atoms with Crippen LogP contribution in [0.2, 0.25) is 0 Å². The van der Waals surface area contributed by atoms with Gasteiger partial charge in [-0.2, -0.15) is 0 Å². The van der Waals surface area contributed by atoms with Crippen LogP contribution in [-0.2, 0) is 9.53 Å². The molecule has 1 aliphatic rings. The van der Waals surface area contributed by atoms with E-state index in [2.05, 4.69) is 5.32 Å². The summed E-state index contributed by atoms with van der Waals surface area (Å²) < 4.78 is 11.2. The number of ether oxygens (including phenoxy) is 2. The third kappa shape index (κ3) is 3.74. The van der Waals surface area contributed by atoms with E-state index in [1.54, 1.807) is 0 Å². The molecule has 4 heteroatoms. The number of nitrogens with one attached hydrogen (secondary N) is 1. The lowest BCUT2D eigenvalue weighted by Crippen LogP contribution is -2.16. The molecule has 2 rings (SSSR count). The number of hydrogen-bond acceptors (Lipinski definition) is 3. The molecule has 0 aromatic heterocycles. The Labute approximate surface area is 107 Å². The van der Waals surface area contributed by atoms with E-state index in [1.807, 2.05) is 31.2 Å². The number of carbonyl (C=O) groups excluding carboxylic acids is 1. The molecule has 0 spiro atoms. The largest absolute Gasteiger partial charge is 0.491 e. The lowest BCUT2D eigenvalue weighted by Gasteiger charge is -2.12. The summed E-state index contributed by atoms with van der Waals surface area (Å²) in [6, 6.07) is 7.45. The van der Waals surface area contributed by atoms with Crippen LogP contribution in [0.4, 0.5) is 5.69 Å². The number of amides is 1. The molecule has 0 bridgehead atoms. The molecular weight excluding hydrogens is 230 g/mol. The summed E-state index contributed by atoms with van der Waals surface area (Å²) in [5.41, 5.74) is 0.770. The van der Waals surface area contributed by atoms with E-state index in [1.165, 1.54) is 0 Å². The Bertz CT molecular complexity index is 400. The molecule has 1 N–H and O–H groups in total. The first-order valence-electron chi connectivity index (χ1n) is 6.42. The van der Waals surface area contributed by atoms with Crippen molar-refractivity contribution >= 4 is 11.6 Å². The summed E-state index contributed by atoms with van der Waals surface area (Å²) >= 11 is 0. The van der Waals surface area contributed by atoms with E-state index < -0.39 is 0 Å². The van der Waals surface area contributed by atoms with Crippen molar-refractivity contribution in [2.45, 2.75) is 32.3 Å². The van der Waals surface area contributed by atoms with Gasteiger partial charge in [-0.15, -0.1) is 0 Å². The van der Waals surface area contributed by atoms with Gasteiger partial charge in [0, 0.05) is 24.8 Å². The molecule has 1 saturated heterocycles.